The molecule has 1 saturated heterocycles. The van der Waals surface area contributed by atoms with Crippen LogP contribution in [-0.2, 0) is 16.7 Å². The Bertz CT molecular complexity index is 942. The lowest BCUT2D eigenvalue weighted by molar-refractivity contribution is 0.0551. The van der Waals surface area contributed by atoms with Gasteiger partial charge in [-0.15, -0.1) is 0 Å². The number of nitrogens with one attached hydrogen (secondary N) is 1. The monoisotopic (exact) mass is 443 g/mol. The van der Waals surface area contributed by atoms with E-state index in [4.69, 9.17) is 9.47 Å². The highest BCUT2D eigenvalue weighted by molar-refractivity contribution is 5.69. The summed E-state index contributed by atoms with van der Waals surface area (Å²) in [6, 6.07) is 10.2. The molecule has 0 radical (unpaired) electrons. The third-order valence-electron chi connectivity index (χ3n) is 5.63. The normalized spacial score (nSPS) is 18.8. The van der Waals surface area contributed by atoms with E-state index in [1.165, 1.54) is 6.07 Å². The number of benzene rings is 1. The maximum Gasteiger partial charge on any atom is 0.411 e. The van der Waals surface area contributed by atoms with Gasteiger partial charge in [-0.1, -0.05) is 45.0 Å². The molecule has 7 heteroatoms. The molecule has 3 rings (SSSR count). The summed E-state index contributed by atoms with van der Waals surface area (Å²) in [4.78, 5) is 19.2. The smallest absolute Gasteiger partial charge is 0.411 e. The average molecular weight is 444 g/mol. The van der Waals surface area contributed by atoms with Gasteiger partial charge in [0.05, 0.1) is 25.4 Å². The lowest BCUT2D eigenvalue weighted by atomic mass is 9.91. The van der Waals surface area contributed by atoms with E-state index in [9.17, 15) is 9.18 Å². The molecule has 2 aromatic rings. The molecule has 32 heavy (non-hydrogen) atoms. The van der Waals surface area contributed by atoms with Crippen LogP contribution in [0.3, 0.4) is 0 Å². The van der Waals surface area contributed by atoms with Gasteiger partial charge in [0.2, 0.25) is 5.88 Å². The molecular formula is C25H34FN3O3. The molecule has 0 spiro atoms. The van der Waals surface area contributed by atoms with Gasteiger partial charge < -0.3 is 9.47 Å². The van der Waals surface area contributed by atoms with E-state index in [1.54, 1.807) is 30.2 Å². The van der Waals surface area contributed by atoms with Crippen LogP contribution in [0, 0.1) is 5.82 Å². The Morgan fingerprint density at radius 2 is 1.94 bits per heavy atom. The number of ether oxygens (including phenoxy) is 2. The minimum Gasteiger partial charge on any atom is -0.481 e. The highest BCUT2D eigenvalue weighted by atomic mass is 19.1. The van der Waals surface area contributed by atoms with Crippen molar-refractivity contribution in [1.82, 2.24) is 15.2 Å². The number of carbonyl (C=O) groups excluding carboxylic acids is 1. The van der Waals surface area contributed by atoms with E-state index in [-0.39, 0.29) is 29.5 Å². The molecule has 1 aromatic carbocycles. The van der Waals surface area contributed by atoms with Gasteiger partial charge in [0, 0.05) is 28.8 Å². The Labute approximate surface area is 190 Å². The van der Waals surface area contributed by atoms with Gasteiger partial charge in [-0.2, -0.15) is 0 Å². The third-order valence-corrected chi connectivity index (χ3v) is 5.63. The molecule has 1 N–H and O–H groups in total. The van der Waals surface area contributed by atoms with E-state index in [0.29, 0.717) is 30.8 Å². The maximum absolute atomic E-state index is 14.5. The lowest BCUT2D eigenvalue weighted by Gasteiger charge is -2.31. The number of aromatic nitrogens is 1. The number of nitrogens with zero attached hydrogens (tertiary/aromatic N) is 2. The first-order valence-corrected chi connectivity index (χ1v) is 11.1. The van der Waals surface area contributed by atoms with Crippen molar-refractivity contribution >= 4 is 6.09 Å². The highest BCUT2D eigenvalue weighted by Gasteiger charge is 2.40. The van der Waals surface area contributed by atoms with Gasteiger partial charge in [0.15, 0.2) is 0 Å². The Morgan fingerprint density at radius 3 is 2.56 bits per heavy atom. The fourth-order valence-corrected chi connectivity index (χ4v) is 4.01. The molecule has 174 valence electrons. The third kappa shape index (κ3) is 5.38. The molecular weight excluding hydrogens is 409 g/mol. The minimum absolute atomic E-state index is 0.0882. The van der Waals surface area contributed by atoms with Crippen LogP contribution in [0.1, 0.15) is 70.3 Å². The van der Waals surface area contributed by atoms with Crippen LogP contribution in [0.15, 0.2) is 36.4 Å². The van der Waals surface area contributed by atoms with Crippen LogP contribution < -0.4 is 10.1 Å². The molecule has 2 atom stereocenters. The zero-order valence-electron chi connectivity index (χ0n) is 19.8. The van der Waals surface area contributed by atoms with E-state index in [2.05, 4.69) is 31.1 Å². The summed E-state index contributed by atoms with van der Waals surface area (Å²) in [6.45, 7) is 10.4. The van der Waals surface area contributed by atoms with Crippen LogP contribution >= 0.6 is 0 Å². The number of halogens is 1. The summed E-state index contributed by atoms with van der Waals surface area (Å²) in [7, 11) is 1.61. The quantitative estimate of drug-likeness (QED) is 0.654. The van der Waals surface area contributed by atoms with Crippen LogP contribution in [0.5, 0.6) is 5.88 Å². The molecule has 0 saturated carbocycles. The largest absolute Gasteiger partial charge is 0.481 e. The van der Waals surface area contributed by atoms with Gasteiger partial charge in [-0.3, -0.25) is 10.2 Å². The molecule has 1 aliphatic heterocycles. The van der Waals surface area contributed by atoms with Crippen molar-refractivity contribution in [2.24, 2.45) is 0 Å². The molecule has 0 aliphatic carbocycles. The predicted molar refractivity (Wildman–Crippen MR) is 122 cm³/mol. The first-order chi connectivity index (χ1) is 15.1. The molecule has 1 aliphatic rings. The van der Waals surface area contributed by atoms with Crippen molar-refractivity contribution in [2.45, 2.75) is 77.7 Å². The summed E-state index contributed by atoms with van der Waals surface area (Å²) < 4.78 is 25.5. The lowest BCUT2D eigenvalue weighted by Crippen LogP contribution is -2.46. The second kappa shape index (κ2) is 9.86. The van der Waals surface area contributed by atoms with Crippen LogP contribution in [0.25, 0.3) is 0 Å². The van der Waals surface area contributed by atoms with Crippen molar-refractivity contribution in [2.75, 3.05) is 7.11 Å². The fourth-order valence-electron chi connectivity index (χ4n) is 4.01. The number of carbonyl (C=O) groups is 1. The van der Waals surface area contributed by atoms with Crippen molar-refractivity contribution in [3.63, 3.8) is 0 Å². The standard InChI is InChI=1S/C25H34FN3O3/c1-16(2)32-24(30)29-20(18-9-7-8-10-19(18)26)12-14-22(29)27-15-17-11-13-21(25(3,4)5)28-23(17)31-6/h7-11,13,16,20,22,27H,12,14-15H2,1-6H3. The topological polar surface area (TPSA) is 63.7 Å². The van der Waals surface area contributed by atoms with Gasteiger partial charge >= 0.3 is 6.09 Å². The number of methoxy groups -OCH3 is 1. The van der Waals surface area contributed by atoms with Gasteiger partial charge in [-0.05, 0) is 38.8 Å². The molecule has 1 aromatic heterocycles. The Kier molecular flexibility index (Phi) is 7.39. The fraction of sp³-hybridized carbons (Fsp3) is 0.520. The van der Waals surface area contributed by atoms with Crippen LogP contribution in [-0.4, -0.2) is 35.4 Å². The zero-order chi connectivity index (χ0) is 23.5. The van der Waals surface area contributed by atoms with Crippen molar-refractivity contribution in [1.29, 1.82) is 0 Å². The summed E-state index contributed by atoms with van der Waals surface area (Å²) in [5.41, 5.74) is 2.26. The van der Waals surface area contributed by atoms with Crippen molar-refractivity contribution in [3.05, 3.63) is 59.0 Å². The van der Waals surface area contributed by atoms with E-state index >= 15 is 0 Å². The molecule has 1 amide bonds. The number of likely N-dealkylation sites (tertiary alicyclic amines) is 1. The number of amides is 1. The first-order valence-electron chi connectivity index (χ1n) is 11.1. The second-order valence-electron chi connectivity index (χ2n) is 9.47. The molecule has 0 bridgehead atoms. The highest BCUT2D eigenvalue weighted by Crippen LogP contribution is 2.37. The van der Waals surface area contributed by atoms with Crippen LogP contribution in [0.2, 0.25) is 0 Å². The molecule has 6 nitrogen and oxygen atoms in total. The summed E-state index contributed by atoms with van der Waals surface area (Å²) in [5, 5.41) is 3.44. The summed E-state index contributed by atoms with van der Waals surface area (Å²) >= 11 is 0. The predicted octanol–water partition coefficient (Wildman–Crippen LogP) is 5.32. The maximum atomic E-state index is 14.5. The Morgan fingerprint density at radius 1 is 1.22 bits per heavy atom. The van der Waals surface area contributed by atoms with Crippen molar-refractivity contribution in [3.8, 4) is 5.88 Å². The molecule has 2 unspecified atom stereocenters. The Hall–Kier alpha value is -2.67. The number of hydrogen-bond acceptors (Lipinski definition) is 5. The molecule has 1 fully saturated rings. The average Bonchev–Trinajstić information content (AvgIpc) is 3.15. The summed E-state index contributed by atoms with van der Waals surface area (Å²) in [5.74, 6) is 0.244. The SMILES string of the molecule is COc1nc(C(C)(C)C)ccc1CNC1CCC(c2ccccc2F)N1C(=O)OC(C)C. The van der Waals surface area contributed by atoms with E-state index in [1.807, 2.05) is 26.0 Å². The van der Waals surface area contributed by atoms with E-state index < -0.39 is 6.09 Å². The molecule has 2 heterocycles. The van der Waals surface area contributed by atoms with Crippen molar-refractivity contribution < 1.29 is 18.7 Å². The number of rotatable bonds is 6. The number of hydrogen-bond donors (Lipinski definition) is 1. The van der Waals surface area contributed by atoms with Crippen LogP contribution in [0.4, 0.5) is 9.18 Å². The van der Waals surface area contributed by atoms with Gasteiger partial charge in [-0.25, -0.2) is 14.2 Å². The number of pyridine rings is 1. The second-order valence-corrected chi connectivity index (χ2v) is 9.47. The van der Waals surface area contributed by atoms with Gasteiger partial charge in [0.25, 0.3) is 0 Å². The summed E-state index contributed by atoms with van der Waals surface area (Å²) in [6.07, 6.45) is 0.320. The van der Waals surface area contributed by atoms with Gasteiger partial charge in [0.1, 0.15) is 5.82 Å². The Balaban J connectivity index is 1.82. The zero-order valence-corrected chi connectivity index (χ0v) is 19.8. The first kappa shape index (κ1) is 24.0. The van der Waals surface area contributed by atoms with E-state index in [0.717, 1.165) is 11.3 Å². The minimum atomic E-state index is -0.448.